The molecule has 2 atom stereocenters. The smallest absolute Gasteiger partial charge is 0.324 e. The van der Waals surface area contributed by atoms with Gasteiger partial charge in [-0.05, 0) is 5.56 Å². The van der Waals surface area contributed by atoms with E-state index in [0.29, 0.717) is 13.0 Å². The van der Waals surface area contributed by atoms with Crippen molar-refractivity contribution >= 4 is 37.8 Å². The maximum Gasteiger partial charge on any atom is 0.324 e. The van der Waals surface area contributed by atoms with Crippen molar-refractivity contribution in [2.45, 2.75) is 15.6 Å². The van der Waals surface area contributed by atoms with Crippen LogP contribution in [-0.4, -0.2) is 16.9 Å². The Morgan fingerprint density at radius 2 is 2.00 bits per heavy atom. The average molecular weight is 334 g/mol. The zero-order chi connectivity index (χ0) is 10.9. The third-order valence-corrected chi connectivity index (χ3v) is 5.64. The van der Waals surface area contributed by atoms with Crippen LogP contribution in [0, 0.1) is 0 Å². The quantitative estimate of drug-likeness (QED) is 0.613. The molecule has 1 heterocycles. The molecule has 2 nitrogen and oxygen atoms in total. The largest absolute Gasteiger partial charge is 0.465 e. The van der Waals surface area contributed by atoms with Crippen LogP contribution >= 0.6 is 31.9 Å². The molecule has 0 aliphatic carbocycles. The zero-order valence-corrected chi connectivity index (χ0v) is 11.1. The number of cyclic esters (lactones) is 1. The zero-order valence-electron chi connectivity index (χ0n) is 7.95. The van der Waals surface area contributed by atoms with Crippen LogP contribution in [0.25, 0.3) is 0 Å². The van der Waals surface area contributed by atoms with E-state index in [1.165, 1.54) is 0 Å². The number of ether oxygens (including phenoxy) is 1. The van der Waals surface area contributed by atoms with E-state index in [-0.39, 0.29) is 10.8 Å². The van der Waals surface area contributed by atoms with E-state index in [4.69, 9.17) is 4.74 Å². The number of carbonyl (C=O) groups excluding carboxylic acids is 1. The van der Waals surface area contributed by atoms with Crippen LogP contribution < -0.4 is 0 Å². The van der Waals surface area contributed by atoms with Crippen molar-refractivity contribution in [1.29, 1.82) is 0 Å². The van der Waals surface area contributed by atoms with Crippen LogP contribution in [-0.2, 0) is 9.53 Å². The van der Waals surface area contributed by atoms with Crippen molar-refractivity contribution in [1.82, 2.24) is 0 Å². The fourth-order valence-corrected chi connectivity index (χ4v) is 2.89. The highest BCUT2D eigenvalue weighted by Gasteiger charge is 2.48. The van der Waals surface area contributed by atoms with E-state index in [2.05, 4.69) is 31.9 Å². The van der Waals surface area contributed by atoms with Crippen LogP contribution in [0.4, 0.5) is 0 Å². The molecule has 1 saturated heterocycles. The molecule has 0 aromatic heterocycles. The van der Waals surface area contributed by atoms with Crippen LogP contribution in [0.15, 0.2) is 30.3 Å². The Labute approximate surface area is 105 Å². The molecule has 1 aromatic rings. The Hall–Kier alpha value is -0.350. The van der Waals surface area contributed by atoms with E-state index < -0.39 is 4.32 Å². The van der Waals surface area contributed by atoms with Gasteiger partial charge < -0.3 is 4.74 Å². The number of carbonyl (C=O) groups is 1. The minimum Gasteiger partial charge on any atom is -0.465 e. The fraction of sp³-hybridized carbons (Fsp3) is 0.364. The van der Waals surface area contributed by atoms with Crippen molar-refractivity contribution < 1.29 is 9.53 Å². The van der Waals surface area contributed by atoms with Gasteiger partial charge in [0.1, 0.15) is 4.32 Å². The number of hydrogen-bond acceptors (Lipinski definition) is 2. The van der Waals surface area contributed by atoms with Crippen molar-refractivity contribution in [2.24, 2.45) is 0 Å². The highest BCUT2D eigenvalue weighted by atomic mass is 79.9. The van der Waals surface area contributed by atoms with E-state index in [1.807, 2.05) is 30.3 Å². The van der Waals surface area contributed by atoms with E-state index in [0.717, 1.165) is 5.56 Å². The number of benzene rings is 1. The Kier molecular flexibility index (Phi) is 3.16. The second-order valence-corrected chi connectivity index (χ2v) is 5.85. The summed E-state index contributed by atoms with van der Waals surface area (Å²) in [5.41, 5.74) is 1.08. The first-order valence-electron chi connectivity index (χ1n) is 4.70. The summed E-state index contributed by atoms with van der Waals surface area (Å²) in [4.78, 5) is 11.6. The molecular formula is C11H10Br2O2. The van der Waals surface area contributed by atoms with Crippen LogP contribution in [0.5, 0.6) is 0 Å². The third kappa shape index (κ3) is 1.97. The molecule has 15 heavy (non-hydrogen) atoms. The Morgan fingerprint density at radius 1 is 1.33 bits per heavy atom. The van der Waals surface area contributed by atoms with Crippen molar-refractivity contribution in [3.05, 3.63) is 35.9 Å². The summed E-state index contributed by atoms with van der Waals surface area (Å²) in [6.07, 6.45) is 0.691. The minimum atomic E-state index is -0.617. The van der Waals surface area contributed by atoms with Crippen LogP contribution in [0.3, 0.4) is 0 Å². The SMILES string of the molecule is O=C1OCC[C@]1(Br)[C@H](Br)c1ccccc1. The normalized spacial score (nSPS) is 27.5. The monoisotopic (exact) mass is 332 g/mol. The second kappa shape index (κ2) is 4.26. The summed E-state index contributed by atoms with van der Waals surface area (Å²) in [6.45, 7) is 0.485. The van der Waals surface area contributed by atoms with Crippen molar-refractivity contribution in [2.75, 3.05) is 6.61 Å². The molecule has 1 aliphatic rings. The molecule has 0 unspecified atom stereocenters. The highest BCUT2D eigenvalue weighted by molar-refractivity contribution is 9.12. The van der Waals surface area contributed by atoms with Crippen LogP contribution in [0.2, 0.25) is 0 Å². The second-order valence-electron chi connectivity index (χ2n) is 3.52. The number of alkyl halides is 2. The summed E-state index contributed by atoms with van der Waals surface area (Å²) in [6, 6.07) is 9.86. The molecule has 1 aliphatic heterocycles. The first-order chi connectivity index (χ1) is 7.14. The number of esters is 1. The van der Waals surface area contributed by atoms with Gasteiger partial charge in [0.25, 0.3) is 0 Å². The first kappa shape index (κ1) is 11.1. The Morgan fingerprint density at radius 3 is 2.53 bits per heavy atom. The Balaban J connectivity index is 2.28. The first-order valence-corrected chi connectivity index (χ1v) is 6.40. The van der Waals surface area contributed by atoms with Gasteiger partial charge in [-0.3, -0.25) is 4.79 Å². The van der Waals surface area contributed by atoms with Gasteiger partial charge in [-0.15, -0.1) is 0 Å². The number of halogens is 2. The molecule has 0 saturated carbocycles. The molecular weight excluding hydrogens is 324 g/mol. The predicted octanol–water partition coefficient (Wildman–Crippen LogP) is 3.20. The van der Waals surface area contributed by atoms with Gasteiger partial charge in [0.15, 0.2) is 0 Å². The molecule has 1 aromatic carbocycles. The van der Waals surface area contributed by atoms with Crippen LogP contribution in [0.1, 0.15) is 16.8 Å². The number of hydrogen-bond donors (Lipinski definition) is 0. The maximum atomic E-state index is 11.6. The molecule has 80 valence electrons. The molecule has 0 N–H and O–H groups in total. The standard InChI is InChI=1S/C11H10Br2O2/c12-9(8-4-2-1-3-5-8)11(13)6-7-15-10(11)14/h1-5,9H,6-7H2/t9-,11+/m1/s1. The van der Waals surface area contributed by atoms with Gasteiger partial charge in [-0.25, -0.2) is 0 Å². The van der Waals surface area contributed by atoms with Gasteiger partial charge >= 0.3 is 5.97 Å². The lowest BCUT2D eigenvalue weighted by Crippen LogP contribution is -2.31. The summed E-state index contributed by atoms with van der Waals surface area (Å²) in [5.74, 6) is -0.187. The summed E-state index contributed by atoms with van der Waals surface area (Å²) >= 11 is 7.05. The lowest BCUT2D eigenvalue weighted by Gasteiger charge is -2.23. The topological polar surface area (TPSA) is 26.3 Å². The predicted molar refractivity (Wildman–Crippen MR) is 65.3 cm³/mol. The van der Waals surface area contributed by atoms with Crippen molar-refractivity contribution in [3.63, 3.8) is 0 Å². The summed E-state index contributed by atoms with van der Waals surface area (Å²) in [5, 5.41) is 0. The highest BCUT2D eigenvalue weighted by Crippen LogP contribution is 2.46. The summed E-state index contributed by atoms with van der Waals surface area (Å²) in [7, 11) is 0. The minimum absolute atomic E-state index is 0.0544. The van der Waals surface area contributed by atoms with E-state index >= 15 is 0 Å². The third-order valence-electron chi connectivity index (χ3n) is 2.53. The van der Waals surface area contributed by atoms with Gasteiger partial charge in [-0.1, -0.05) is 62.2 Å². The lowest BCUT2D eigenvalue weighted by molar-refractivity contribution is -0.139. The molecule has 4 heteroatoms. The molecule has 2 rings (SSSR count). The van der Waals surface area contributed by atoms with E-state index in [1.54, 1.807) is 0 Å². The van der Waals surface area contributed by atoms with Crippen molar-refractivity contribution in [3.8, 4) is 0 Å². The van der Waals surface area contributed by atoms with Gasteiger partial charge in [-0.2, -0.15) is 0 Å². The Bertz CT molecular complexity index is 366. The van der Waals surface area contributed by atoms with E-state index in [9.17, 15) is 4.79 Å². The van der Waals surface area contributed by atoms with Gasteiger partial charge in [0, 0.05) is 6.42 Å². The molecule has 1 fully saturated rings. The fourth-order valence-electron chi connectivity index (χ4n) is 1.63. The molecule has 0 amide bonds. The molecule has 0 spiro atoms. The lowest BCUT2D eigenvalue weighted by atomic mass is 9.98. The molecule has 0 bridgehead atoms. The average Bonchev–Trinajstić information content (AvgIpc) is 2.61. The molecule has 0 radical (unpaired) electrons. The van der Waals surface area contributed by atoms with Gasteiger partial charge in [0.05, 0.1) is 11.4 Å². The summed E-state index contributed by atoms with van der Waals surface area (Å²) < 4.78 is 4.38. The van der Waals surface area contributed by atoms with Gasteiger partial charge in [0.2, 0.25) is 0 Å². The maximum absolute atomic E-state index is 11.6. The number of rotatable bonds is 2.